The fourth-order valence-electron chi connectivity index (χ4n) is 2.46. The number of ether oxygens (including phenoxy) is 1. The van der Waals surface area contributed by atoms with Gasteiger partial charge in [-0.2, -0.15) is 0 Å². The van der Waals surface area contributed by atoms with Crippen LogP contribution in [0.25, 0.3) is 0 Å². The van der Waals surface area contributed by atoms with E-state index in [9.17, 15) is 4.79 Å². The summed E-state index contributed by atoms with van der Waals surface area (Å²) in [6, 6.07) is 3.48. The molecule has 5 nitrogen and oxygen atoms in total. The highest BCUT2D eigenvalue weighted by atomic mass is 35.5. The van der Waals surface area contributed by atoms with E-state index in [-0.39, 0.29) is 5.91 Å². The normalized spacial score (nSPS) is 15.9. The third kappa shape index (κ3) is 3.80. The van der Waals surface area contributed by atoms with Crippen molar-refractivity contribution in [3.05, 3.63) is 22.7 Å². The minimum absolute atomic E-state index is 0.193. The monoisotopic (exact) mass is 311 g/mol. The van der Waals surface area contributed by atoms with Crippen LogP contribution in [0.5, 0.6) is 5.75 Å². The summed E-state index contributed by atoms with van der Waals surface area (Å²) in [4.78, 5) is 14.5. The van der Waals surface area contributed by atoms with Gasteiger partial charge in [-0.05, 0) is 38.9 Å². The number of hydrogen-bond acceptors (Lipinski definition) is 4. The van der Waals surface area contributed by atoms with Gasteiger partial charge in [0.25, 0.3) is 5.91 Å². The largest absolute Gasteiger partial charge is 0.496 e. The number of anilines is 1. The van der Waals surface area contributed by atoms with Crippen LogP contribution in [-0.2, 0) is 0 Å². The maximum Gasteiger partial charge on any atom is 0.255 e. The van der Waals surface area contributed by atoms with Gasteiger partial charge in [-0.25, -0.2) is 0 Å². The third-order valence-corrected chi connectivity index (χ3v) is 4.19. The van der Waals surface area contributed by atoms with Gasteiger partial charge < -0.3 is 20.7 Å². The van der Waals surface area contributed by atoms with Crippen molar-refractivity contribution in [2.45, 2.75) is 18.9 Å². The van der Waals surface area contributed by atoms with Gasteiger partial charge in [-0.1, -0.05) is 11.6 Å². The molecular weight excluding hydrogens is 290 g/mol. The molecule has 0 aliphatic heterocycles. The standard InChI is InChI=1S/C15H22ClN3O2/c1-19(2)13(9-4-5-9)8-18-15(20)10-6-11(16)12(17)7-14(10)21-3/h6-7,9,13H,4-5,8,17H2,1-3H3,(H,18,20). The summed E-state index contributed by atoms with van der Waals surface area (Å²) < 4.78 is 5.21. The molecule has 0 spiro atoms. The summed E-state index contributed by atoms with van der Waals surface area (Å²) in [5, 5.41) is 3.32. The van der Waals surface area contributed by atoms with Crippen LogP contribution >= 0.6 is 11.6 Å². The fraction of sp³-hybridized carbons (Fsp3) is 0.533. The van der Waals surface area contributed by atoms with E-state index in [0.717, 1.165) is 0 Å². The van der Waals surface area contributed by atoms with Crippen molar-refractivity contribution in [3.8, 4) is 5.75 Å². The van der Waals surface area contributed by atoms with Gasteiger partial charge >= 0.3 is 0 Å². The van der Waals surface area contributed by atoms with E-state index < -0.39 is 0 Å². The zero-order valence-electron chi connectivity index (χ0n) is 12.6. The molecular formula is C15H22ClN3O2. The van der Waals surface area contributed by atoms with Gasteiger partial charge in [-0.3, -0.25) is 4.79 Å². The number of nitrogens with zero attached hydrogens (tertiary/aromatic N) is 1. The van der Waals surface area contributed by atoms with Crippen LogP contribution in [0.4, 0.5) is 5.69 Å². The predicted octanol–water partition coefficient (Wildman–Crippen LogP) is 2.00. The molecule has 2 rings (SSSR count). The maximum absolute atomic E-state index is 12.3. The number of carbonyl (C=O) groups excluding carboxylic acids is 1. The first kappa shape index (κ1) is 15.9. The van der Waals surface area contributed by atoms with Crippen LogP contribution < -0.4 is 15.8 Å². The summed E-state index contributed by atoms with van der Waals surface area (Å²) >= 11 is 5.99. The van der Waals surface area contributed by atoms with Crippen LogP contribution in [0.15, 0.2) is 12.1 Å². The topological polar surface area (TPSA) is 67.6 Å². The van der Waals surface area contributed by atoms with Crippen molar-refractivity contribution in [3.63, 3.8) is 0 Å². The number of rotatable bonds is 6. The SMILES string of the molecule is COc1cc(N)c(Cl)cc1C(=O)NCC(C1CC1)N(C)C. The molecule has 1 unspecified atom stereocenters. The summed E-state index contributed by atoms with van der Waals surface area (Å²) in [6.45, 7) is 0.613. The molecule has 1 saturated carbocycles. The van der Waals surface area contributed by atoms with Gasteiger partial charge in [0.2, 0.25) is 0 Å². The zero-order chi connectivity index (χ0) is 15.6. The van der Waals surface area contributed by atoms with E-state index in [2.05, 4.69) is 10.2 Å². The lowest BCUT2D eigenvalue weighted by Crippen LogP contribution is -2.41. The summed E-state index contributed by atoms with van der Waals surface area (Å²) in [6.07, 6.45) is 2.46. The second kappa shape index (κ2) is 6.54. The van der Waals surface area contributed by atoms with Gasteiger partial charge in [0, 0.05) is 18.7 Å². The Morgan fingerprint density at radius 2 is 2.19 bits per heavy atom. The molecule has 1 amide bonds. The van der Waals surface area contributed by atoms with Crippen LogP contribution in [0.3, 0.4) is 0 Å². The Bertz CT molecular complexity index is 528. The van der Waals surface area contributed by atoms with E-state index in [1.807, 2.05) is 14.1 Å². The molecule has 1 aromatic carbocycles. The molecule has 1 aliphatic rings. The van der Waals surface area contributed by atoms with E-state index in [1.54, 1.807) is 12.1 Å². The van der Waals surface area contributed by atoms with E-state index in [1.165, 1.54) is 20.0 Å². The molecule has 1 aromatic rings. The number of hydrogen-bond donors (Lipinski definition) is 2. The van der Waals surface area contributed by atoms with Gasteiger partial charge in [0.1, 0.15) is 5.75 Å². The van der Waals surface area contributed by atoms with Crippen molar-refractivity contribution in [2.24, 2.45) is 5.92 Å². The Morgan fingerprint density at radius 3 is 2.71 bits per heavy atom. The molecule has 6 heteroatoms. The lowest BCUT2D eigenvalue weighted by atomic mass is 10.1. The van der Waals surface area contributed by atoms with E-state index >= 15 is 0 Å². The molecule has 0 heterocycles. The first-order valence-electron chi connectivity index (χ1n) is 7.01. The quantitative estimate of drug-likeness (QED) is 0.789. The third-order valence-electron chi connectivity index (χ3n) is 3.86. The Morgan fingerprint density at radius 1 is 1.52 bits per heavy atom. The number of amides is 1. The Hall–Kier alpha value is -1.46. The first-order valence-corrected chi connectivity index (χ1v) is 7.39. The lowest BCUT2D eigenvalue weighted by Gasteiger charge is -2.24. The number of nitrogens with two attached hydrogens (primary N) is 1. The predicted molar refractivity (Wildman–Crippen MR) is 84.9 cm³/mol. The number of nitrogen functional groups attached to an aromatic ring is 1. The number of nitrogens with one attached hydrogen (secondary N) is 1. The Balaban J connectivity index is 2.07. The number of likely N-dealkylation sites (N-methyl/N-ethyl adjacent to an activating group) is 1. The van der Waals surface area contributed by atoms with Gasteiger partial charge in [0.15, 0.2) is 0 Å². The van der Waals surface area contributed by atoms with Crippen LogP contribution in [-0.4, -0.2) is 44.6 Å². The highest BCUT2D eigenvalue weighted by Gasteiger charge is 2.32. The molecule has 1 atom stereocenters. The molecule has 116 valence electrons. The lowest BCUT2D eigenvalue weighted by molar-refractivity contribution is 0.0936. The summed E-state index contributed by atoms with van der Waals surface area (Å²) in [5.41, 5.74) is 6.53. The van der Waals surface area contributed by atoms with Crippen LogP contribution in [0.1, 0.15) is 23.2 Å². The second-order valence-corrected chi connectivity index (χ2v) is 6.06. The van der Waals surface area contributed by atoms with Crippen molar-refractivity contribution >= 4 is 23.2 Å². The van der Waals surface area contributed by atoms with Gasteiger partial charge in [-0.15, -0.1) is 0 Å². The van der Waals surface area contributed by atoms with Crippen molar-refractivity contribution < 1.29 is 9.53 Å². The van der Waals surface area contributed by atoms with Crippen molar-refractivity contribution in [2.75, 3.05) is 33.5 Å². The molecule has 1 aliphatic carbocycles. The van der Waals surface area contributed by atoms with E-state index in [4.69, 9.17) is 22.1 Å². The molecule has 21 heavy (non-hydrogen) atoms. The fourth-order valence-corrected chi connectivity index (χ4v) is 2.62. The first-order chi connectivity index (χ1) is 9.93. The summed E-state index contributed by atoms with van der Waals surface area (Å²) in [7, 11) is 5.58. The maximum atomic E-state index is 12.3. The van der Waals surface area contributed by atoms with Crippen LogP contribution in [0.2, 0.25) is 5.02 Å². The number of benzene rings is 1. The molecule has 0 saturated heterocycles. The highest BCUT2D eigenvalue weighted by Crippen LogP contribution is 2.34. The molecule has 0 aromatic heterocycles. The summed E-state index contributed by atoms with van der Waals surface area (Å²) in [5.74, 6) is 0.917. The Labute approximate surface area is 130 Å². The van der Waals surface area contributed by atoms with Crippen molar-refractivity contribution in [1.29, 1.82) is 0 Å². The number of carbonyl (C=O) groups is 1. The molecule has 3 N–H and O–H groups in total. The highest BCUT2D eigenvalue weighted by molar-refractivity contribution is 6.33. The van der Waals surface area contributed by atoms with E-state index in [0.29, 0.717) is 40.5 Å². The molecule has 0 bridgehead atoms. The molecule has 0 radical (unpaired) electrons. The number of methoxy groups -OCH3 is 1. The average molecular weight is 312 g/mol. The minimum atomic E-state index is -0.193. The van der Waals surface area contributed by atoms with Crippen molar-refractivity contribution in [1.82, 2.24) is 10.2 Å². The average Bonchev–Trinajstić information content (AvgIpc) is 3.25. The minimum Gasteiger partial charge on any atom is -0.496 e. The smallest absolute Gasteiger partial charge is 0.255 e. The van der Waals surface area contributed by atoms with Crippen LogP contribution in [0, 0.1) is 5.92 Å². The second-order valence-electron chi connectivity index (χ2n) is 5.65. The molecule has 1 fully saturated rings. The zero-order valence-corrected chi connectivity index (χ0v) is 13.4. The van der Waals surface area contributed by atoms with Gasteiger partial charge in [0.05, 0.1) is 23.4 Å². The Kier molecular flexibility index (Phi) is 4.96. The number of halogens is 1.